The molecule has 12 aliphatic rings. The molecular weight excluding hydrogens is 1760 g/mol. The number of hydrogen-bond donors (Lipinski definition) is 2. The maximum Gasteiger partial charge on any atom is 0.219 e. The SMILES string of the molecule is CC(=O)N1CCc2c(c(N3CC[C@@H](C)c4cc(-c5cnn(C)c5)ccc43)nn2[C@H]2CCOC2)C1.CC(=O)N1CCc2c(c(N3CC[C@@H](CO)c4cc(-c5cnn(C)c5)ccc43)nn2[C@H]2CCOC2)C1.CC(=O)N1CCc2c(c(N3CC[C@H](CO)c4cc(-c5cnn(C)c5)ccc43)nn2[C@H]2CCOC2)C1.COc1cc2c(cc1-c1cnn(C)c1)CCCN2c1nn([C@H]2CCOC2)c2c1CN(C(C)=O)CC2. The predicted octanol–water partition coefficient (Wildman–Crippen LogP) is 12.6. The standard InChI is InChI=1S/3C26H32N6O3.C26H32N6O2/c1-17(33)30-9-6-23-22(15-30)26(28-32(23)20-7-10-35-16-20)31-8-4-5-18-11-21(19-13-27-29(2)14-19)25(34-3)12-24(18)31;2*1-17(34)30-8-6-25-23(14-30)26(28-32(25)21-7-10-35-16-21)31-9-5-19(15-33)22-11-18(3-4-24(22)31)20-12-27-29(2)13-20;1-17-6-10-31(24-5-4-19(12-22(17)24)20-13-27-29(3)14-20)26-23-15-30(18(2)33)9-7-25(23)32(28-26)21-8-11-34-16-21/h11-14,20H,4-10,15-16H2,1-3H3;2*3-4,11-13,19,21,33H,5-10,14-16H2,1-2H3;4-5,12-14,17,21H,6-11,15-16H2,1-3H3/t20-;19-,21+;19-,21-;17-,21+/m0101/s1. The Morgan fingerprint density at radius 2 is 0.698 bits per heavy atom. The van der Waals surface area contributed by atoms with Crippen molar-refractivity contribution in [1.82, 2.24) is 97.8 Å². The third kappa shape index (κ3) is 18.0. The lowest BCUT2D eigenvalue weighted by molar-refractivity contribution is -0.130. The van der Waals surface area contributed by atoms with Crippen LogP contribution in [0.1, 0.15) is 195 Å². The Kier molecular flexibility index (Phi) is 26.0. The third-order valence-corrected chi connectivity index (χ3v) is 30.7. The molecular formula is C104H128N24O11. The number of nitrogens with zero attached hydrogens (tertiary/aromatic N) is 24. The van der Waals surface area contributed by atoms with Crippen LogP contribution >= 0.6 is 0 Å². The van der Waals surface area contributed by atoms with Gasteiger partial charge in [-0.1, -0.05) is 25.1 Å². The molecule has 35 nitrogen and oxygen atoms in total. The van der Waals surface area contributed by atoms with Crippen molar-refractivity contribution in [3.8, 4) is 50.3 Å². The quantitative estimate of drug-likeness (QED) is 0.0963. The van der Waals surface area contributed by atoms with Crippen LogP contribution in [0.15, 0.2) is 116 Å². The average Bonchev–Trinajstić information content (AvgIpc) is 1.59. The highest BCUT2D eigenvalue weighted by atomic mass is 16.5. The molecule has 0 unspecified atom stereocenters. The molecule has 35 heteroatoms. The van der Waals surface area contributed by atoms with Crippen LogP contribution in [0.3, 0.4) is 0 Å². The molecule has 12 aliphatic heterocycles. The first kappa shape index (κ1) is 92.5. The van der Waals surface area contributed by atoms with Crippen LogP contribution in [-0.2, 0) is 125 Å². The first-order chi connectivity index (χ1) is 67.6. The van der Waals surface area contributed by atoms with Crippen molar-refractivity contribution in [2.75, 3.05) is 145 Å². The summed E-state index contributed by atoms with van der Waals surface area (Å²) in [6, 6.07) is 25.1. The van der Waals surface area contributed by atoms with E-state index in [2.05, 4.69) is 139 Å². The van der Waals surface area contributed by atoms with Crippen LogP contribution < -0.4 is 24.3 Å². The number of rotatable bonds is 15. The fourth-order valence-electron chi connectivity index (χ4n) is 23.0. The minimum absolute atomic E-state index is 0.0766. The molecule has 4 saturated heterocycles. The summed E-state index contributed by atoms with van der Waals surface area (Å²) < 4.78 is 44.6. The second-order valence-corrected chi connectivity index (χ2v) is 39.5. The van der Waals surface area contributed by atoms with Gasteiger partial charge in [0.05, 0.1) is 122 Å². The topological polar surface area (TPSA) is 323 Å². The molecule has 8 aromatic heterocycles. The maximum atomic E-state index is 12.3. The second kappa shape index (κ2) is 39.1. The Bertz CT molecular complexity index is 6380. The smallest absolute Gasteiger partial charge is 0.219 e. The fourth-order valence-corrected chi connectivity index (χ4v) is 23.0. The first-order valence-electron chi connectivity index (χ1n) is 49.7. The van der Waals surface area contributed by atoms with E-state index in [4.69, 9.17) is 44.1 Å². The largest absolute Gasteiger partial charge is 0.496 e. The molecule has 24 rings (SSSR count). The lowest BCUT2D eigenvalue weighted by Crippen LogP contribution is -2.36. The Hall–Kier alpha value is -12.8. The van der Waals surface area contributed by atoms with Crippen molar-refractivity contribution in [2.45, 2.75) is 186 Å². The Morgan fingerprint density at radius 1 is 0.374 bits per heavy atom. The van der Waals surface area contributed by atoms with Gasteiger partial charge in [-0.3, -0.25) is 56.6 Å². The van der Waals surface area contributed by atoms with E-state index in [9.17, 15) is 29.4 Å². The number of aliphatic hydroxyl groups is 2. The van der Waals surface area contributed by atoms with Crippen molar-refractivity contribution >= 4 is 69.6 Å². The van der Waals surface area contributed by atoms with E-state index in [0.717, 1.165) is 270 Å². The molecule has 0 saturated carbocycles. The van der Waals surface area contributed by atoms with Gasteiger partial charge in [0, 0.05) is 299 Å². The molecule has 20 heterocycles. The fraction of sp³-hybridized carbons (Fsp3) is 0.500. The van der Waals surface area contributed by atoms with E-state index < -0.39 is 0 Å². The number of benzene rings is 4. The van der Waals surface area contributed by atoms with E-state index in [1.165, 1.54) is 56.3 Å². The Labute approximate surface area is 809 Å². The van der Waals surface area contributed by atoms with Crippen LogP contribution in [0.25, 0.3) is 44.5 Å². The number of anilines is 8. The number of amides is 4. The van der Waals surface area contributed by atoms with Crippen molar-refractivity contribution in [1.29, 1.82) is 0 Å². The molecule has 4 fully saturated rings. The summed E-state index contributed by atoms with van der Waals surface area (Å²) >= 11 is 0. The number of aryl methyl sites for hydroxylation is 5. The van der Waals surface area contributed by atoms with Crippen LogP contribution in [-0.4, -0.2) is 257 Å². The normalized spacial score (nSPS) is 21.3. The number of hydrogen-bond acceptors (Lipinski definition) is 23. The van der Waals surface area contributed by atoms with Gasteiger partial charge < -0.3 is 73.1 Å². The van der Waals surface area contributed by atoms with Crippen LogP contribution in [0.4, 0.5) is 46.0 Å². The molecule has 7 atom stereocenters. The zero-order valence-corrected chi connectivity index (χ0v) is 81.6. The van der Waals surface area contributed by atoms with E-state index in [0.29, 0.717) is 58.5 Å². The maximum absolute atomic E-state index is 12.3. The molecule has 0 bridgehead atoms. The number of methoxy groups -OCH3 is 1. The zero-order valence-electron chi connectivity index (χ0n) is 81.6. The number of ether oxygens (including phenoxy) is 5. The van der Waals surface area contributed by atoms with Gasteiger partial charge >= 0.3 is 0 Å². The third-order valence-electron chi connectivity index (χ3n) is 30.7. The summed E-state index contributed by atoms with van der Waals surface area (Å²) in [5, 5.41) is 58.5. The minimum Gasteiger partial charge on any atom is -0.496 e. The lowest BCUT2D eigenvalue weighted by Gasteiger charge is -2.35. The van der Waals surface area contributed by atoms with Crippen molar-refractivity contribution < 1.29 is 53.1 Å². The molecule has 4 amide bonds. The summed E-state index contributed by atoms with van der Waals surface area (Å²) in [4.78, 5) is 66.0. The summed E-state index contributed by atoms with van der Waals surface area (Å²) in [5.41, 5.74) is 27.8. The van der Waals surface area contributed by atoms with Gasteiger partial charge in [-0.2, -0.15) is 40.8 Å². The lowest BCUT2D eigenvalue weighted by atomic mass is 9.88. The summed E-state index contributed by atoms with van der Waals surface area (Å²) in [7, 11) is 9.43. The Balaban J connectivity index is 0.000000110. The number of aromatic nitrogens is 16. The highest BCUT2D eigenvalue weighted by Gasteiger charge is 2.42. The highest BCUT2D eigenvalue weighted by Crippen LogP contribution is 2.51. The van der Waals surface area contributed by atoms with Gasteiger partial charge in [-0.25, -0.2) is 0 Å². The van der Waals surface area contributed by atoms with E-state index in [1.54, 1.807) is 44.2 Å². The molecule has 4 aromatic carbocycles. The second-order valence-electron chi connectivity index (χ2n) is 39.5. The van der Waals surface area contributed by atoms with Crippen molar-refractivity contribution in [3.63, 3.8) is 0 Å². The van der Waals surface area contributed by atoms with Gasteiger partial charge in [0.2, 0.25) is 23.6 Å². The van der Waals surface area contributed by atoms with E-state index in [-0.39, 0.29) is 72.8 Å². The molecule has 12 aromatic rings. The monoisotopic (exact) mass is 1890 g/mol. The molecule has 139 heavy (non-hydrogen) atoms. The van der Waals surface area contributed by atoms with Gasteiger partial charge in [-0.15, -0.1) is 0 Å². The Morgan fingerprint density at radius 3 is 1.01 bits per heavy atom. The zero-order chi connectivity index (χ0) is 95.7. The van der Waals surface area contributed by atoms with Gasteiger partial charge in [-0.05, 0) is 145 Å². The molecule has 0 radical (unpaired) electrons. The van der Waals surface area contributed by atoms with Gasteiger partial charge in [0.1, 0.15) is 5.75 Å². The van der Waals surface area contributed by atoms with Crippen molar-refractivity contribution in [2.24, 2.45) is 28.2 Å². The number of carbonyl (C=O) groups excluding carboxylic acids is 4. The van der Waals surface area contributed by atoms with Crippen LogP contribution in [0.5, 0.6) is 5.75 Å². The predicted molar refractivity (Wildman–Crippen MR) is 525 cm³/mol. The molecule has 730 valence electrons. The van der Waals surface area contributed by atoms with E-state index in [1.807, 2.05) is 101 Å². The minimum atomic E-state index is 0.0766. The van der Waals surface area contributed by atoms with Crippen molar-refractivity contribution in [3.05, 3.63) is 184 Å². The first-order valence-corrected chi connectivity index (χ1v) is 49.7. The molecule has 0 spiro atoms. The number of fused-ring (bicyclic) bond motifs is 8. The highest BCUT2D eigenvalue weighted by molar-refractivity contribution is 5.83. The van der Waals surface area contributed by atoms with E-state index >= 15 is 0 Å². The van der Waals surface area contributed by atoms with Gasteiger partial charge in [0.25, 0.3) is 0 Å². The molecule has 0 aliphatic carbocycles. The summed E-state index contributed by atoms with van der Waals surface area (Å²) in [6.07, 6.45) is 27.6. The van der Waals surface area contributed by atoms with Crippen LogP contribution in [0, 0.1) is 0 Å². The van der Waals surface area contributed by atoms with Gasteiger partial charge in [0.15, 0.2) is 23.3 Å². The number of aliphatic hydroxyl groups excluding tert-OH is 2. The summed E-state index contributed by atoms with van der Waals surface area (Å²) in [6.45, 7) is 23.7. The summed E-state index contributed by atoms with van der Waals surface area (Å²) in [5.74, 6) is 5.73. The average molecular weight is 1890 g/mol. The van der Waals surface area contributed by atoms with Crippen LogP contribution in [0.2, 0.25) is 0 Å². The number of carbonyl (C=O) groups is 4. The molecule has 2 N–H and O–H groups in total.